The maximum atomic E-state index is 13.6. The van der Waals surface area contributed by atoms with E-state index in [1.807, 2.05) is 25.1 Å². The minimum atomic E-state index is -4.18. The fraction of sp³-hybridized carbons (Fsp3) is 0.0476. The first-order chi connectivity index (χ1) is 14.3. The van der Waals surface area contributed by atoms with E-state index < -0.39 is 16.0 Å². The Morgan fingerprint density at radius 3 is 2.50 bits per heavy atom. The second kappa shape index (κ2) is 7.71. The minimum Gasteiger partial charge on any atom is -0.478 e. The Kier molecular flexibility index (Phi) is 5.23. The number of carboxylic acid groups (broad SMARTS) is 1. The molecule has 0 bridgehead atoms. The van der Waals surface area contributed by atoms with Crippen molar-refractivity contribution in [2.24, 2.45) is 0 Å². The van der Waals surface area contributed by atoms with Crippen molar-refractivity contribution in [3.63, 3.8) is 0 Å². The second-order valence-electron chi connectivity index (χ2n) is 6.52. The molecule has 1 heterocycles. The summed E-state index contributed by atoms with van der Waals surface area (Å²) >= 11 is 7.17. The molecule has 0 fully saturated rings. The van der Waals surface area contributed by atoms with E-state index in [9.17, 15) is 18.3 Å². The molecule has 152 valence electrons. The molecule has 4 rings (SSSR count). The number of fused-ring (bicyclic) bond motifs is 1. The lowest BCUT2D eigenvalue weighted by molar-refractivity contribution is 0.0697. The molecule has 0 aliphatic carbocycles. The van der Waals surface area contributed by atoms with Gasteiger partial charge in [-0.2, -0.15) is 0 Å². The van der Waals surface area contributed by atoms with Gasteiger partial charge in [0, 0.05) is 0 Å². The largest absolute Gasteiger partial charge is 0.478 e. The third-order valence-electron chi connectivity index (χ3n) is 4.40. The molecule has 0 radical (unpaired) electrons. The Morgan fingerprint density at radius 1 is 1.07 bits per heavy atom. The molecule has 0 amide bonds. The van der Waals surface area contributed by atoms with Crippen LogP contribution < -0.4 is 4.31 Å². The highest BCUT2D eigenvalue weighted by atomic mass is 35.5. The van der Waals surface area contributed by atoms with Gasteiger partial charge in [-0.25, -0.2) is 22.5 Å². The number of rotatable bonds is 5. The summed E-state index contributed by atoms with van der Waals surface area (Å²) in [7, 11) is -4.18. The van der Waals surface area contributed by atoms with Gasteiger partial charge >= 0.3 is 5.97 Å². The number of hydrogen-bond acceptors (Lipinski definition) is 5. The van der Waals surface area contributed by atoms with Gasteiger partial charge in [0.25, 0.3) is 10.0 Å². The van der Waals surface area contributed by atoms with Gasteiger partial charge in [0.15, 0.2) is 0 Å². The molecule has 0 spiro atoms. The summed E-state index contributed by atoms with van der Waals surface area (Å²) in [5, 5.41) is 9.57. The first kappa shape index (κ1) is 20.3. The summed E-state index contributed by atoms with van der Waals surface area (Å²) in [5.41, 5.74) is 1.82. The zero-order chi connectivity index (χ0) is 21.5. The third-order valence-corrected chi connectivity index (χ3v) is 7.57. The Morgan fingerprint density at radius 2 is 1.80 bits per heavy atom. The fourth-order valence-corrected chi connectivity index (χ4v) is 5.92. The number of nitrogens with zero attached hydrogens (tertiary/aromatic N) is 2. The molecule has 1 aromatic heterocycles. The van der Waals surface area contributed by atoms with Crippen molar-refractivity contribution in [2.45, 2.75) is 11.8 Å². The number of anilines is 2. The molecule has 4 aromatic rings. The number of hydrogen-bond donors (Lipinski definition) is 1. The number of aromatic nitrogens is 1. The third kappa shape index (κ3) is 3.65. The lowest BCUT2D eigenvalue weighted by Crippen LogP contribution is -2.26. The molecule has 1 N–H and O–H groups in total. The number of carboxylic acids is 1. The van der Waals surface area contributed by atoms with Gasteiger partial charge in [0.2, 0.25) is 5.13 Å². The van der Waals surface area contributed by atoms with Crippen LogP contribution in [-0.2, 0) is 10.0 Å². The number of benzene rings is 3. The van der Waals surface area contributed by atoms with Crippen molar-refractivity contribution in [3.8, 4) is 0 Å². The van der Waals surface area contributed by atoms with Gasteiger partial charge in [-0.05, 0) is 55.0 Å². The molecule has 0 saturated heterocycles. The van der Waals surface area contributed by atoms with Gasteiger partial charge < -0.3 is 5.11 Å². The minimum absolute atomic E-state index is 0.0387. The predicted octanol–water partition coefficient (Wildman–Crippen LogP) is 5.48. The van der Waals surface area contributed by atoms with Crippen LogP contribution in [0.2, 0.25) is 5.02 Å². The molecular weight excluding hydrogens is 444 g/mol. The van der Waals surface area contributed by atoms with Crippen molar-refractivity contribution >= 4 is 60.0 Å². The van der Waals surface area contributed by atoms with Crippen LogP contribution in [0.1, 0.15) is 15.9 Å². The van der Waals surface area contributed by atoms with E-state index in [1.165, 1.54) is 23.5 Å². The first-order valence-electron chi connectivity index (χ1n) is 8.78. The van der Waals surface area contributed by atoms with Crippen LogP contribution in [0.15, 0.2) is 71.6 Å². The van der Waals surface area contributed by atoms with E-state index >= 15 is 0 Å². The van der Waals surface area contributed by atoms with Gasteiger partial charge in [-0.3, -0.25) is 0 Å². The highest BCUT2D eigenvalue weighted by Gasteiger charge is 2.30. The van der Waals surface area contributed by atoms with Crippen LogP contribution in [-0.4, -0.2) is 24.5 Å². The predicted molar refractivity (Wildman–Crippen MR) is 119 cm³/mol. The molecule has 3 aromatic carbocycles. The Bertz CT molecular complexity index is 1370. The highest BCUT2D eigenvalue weighted by molar-refractivity contribution is 7.93. The standard InChI is InChI=1S/C21H15ClN2O4S2/c1-13-7-10-18-19(11-13)29-21(23-18)24(14-5-3-2-4-6-14)30(27,28)15-8-9-17(22)16(12-15)20(25)26/h2-12H,1H3,(H,25,26). The number of aryl methyl sites for hydroxylation is 1. The van der Waals surface area contributed by atoms with Crippen LogP contribution >= 0.6 is 22.9 Å². The van der Waals surface area contributed by atoms with Crippen molar-refractivity contribution in [2.75, 3.05) is 4.31 Å². The maximum Gasteiger partial charge on any atom is 0.337 e. The average molecular weight is 459 g/mol. The molecule has 0 aliphatic heterocycles. The molecule has 0 atom stereocenters. The van der Waals surface area contributed by atoms with Crippen LogP contribution in [0.5, 0.6) is 0 Å². The smallest absolute Gasteiger partial charge is 0.337 e. The van der Waals surface area contributed by atoms with E-state index in [0.29, 0.717) is 11.2 Å². The van der Waals surface area contributed by atoms with Gasteiger partial charge in [0.1, 0.15) is 0 Å². The van der Waals surface area contributed by atoms with Crippen LogP contribution in [0.3, 0.4) is 0 Å². The molecule has 0 aliphatic rings. The van der Waals surface area contributed by atoms with E-state index in [0.717, 1.165) is 20.6 Å². The summed E-state index contributed by atoms with van der Waals surface area (Å²) in [5.74, 6) is -1.31. The normalized spacial score (nSPS) is 11.5. The highest BCUT2D eigenvalue weighted by Crippen LogP contribution is 2.38. The number of thiazole rings is 1. The Labute approximate surface area is 182 Å². The van der Waals surface area contributed by atoms with Crippen LogP contribution in [0, 0.1) is 6.92 Å². The summed E-state index contributed by atoms with van der Waals surface area (Å²) in [4.78, 5) is 15.8. The molecule has 0 saturated carbocycles. The number of para-hydroxylation sites is 1. The molecule has 0 unspecified atom stereocenters. The molecule has 9 heteroatoms. The summed E-state index contributed by atoms with van der Waals surface area (Å²) in [6.45, 7) is 1.95. The number of sulfonamides is 1. The first-order valence-corrected chi connectivity index (χ1v) is 11.4. The van der Waals surface area contributed by atoms with E-state index in [4.69, 9.17) is 11.6 Å². The monoisotopic (exact) mass is 458 g/mol. The maximum absolute atomic E-state index is 13.6. The van der Waals surface area contributed by atoms with Crippen molar-refractivity contribution in [3.05, 3.63) is 82.9 Å². The topological polar surface area (TPSA) is 87.6 Å². The SMILES string of the molecule is Cc1ccc2nc(N(c3ccccc3)S(=O)(=O)c3ccc(Cl)c(C(=O)O)c3)sc2c1. The fourth-order valence-electron chi connectivity index (χ4n) is 2.96. The van der Waals surface area contributed by atoms with Crippen molar-refractivity contribution in [1.82, 2.24) is 4.98 Å². The molecule has 6 nitrogen and oxygen atoms in total. The van der Waals surface area contributed by atoms with Crippen LogP contribution in [0.4, 0.5) is 10.8 Å². The Hall–Kier alpha value is -2.94. The zero-order valence-electron chi connectivity index (χ0n) is 15.6. The molecule has 30 heavy (non-hydrogen) atoms. The average Bonchev–Trinajstić information content (AvgIpc) is 3.10. The van der Waals surface area contributed by atoms with Gasteiger partial charge in [-0.1, -0.05) is 47.2 Å². The van der Waals surface area contributed by atoms with Gasteiger partial charge in [0.05, 0.1) is 31.4 Å². The summed E-state index contributed by atoms with van der Waals surface area (Å²) in [6.07, 6.45) is 0. The van der Waals surface area contributed by atoms with Crippen LogP contribution in [0.25, 0.3) is 10.2 Å². The second-order valence-corrected chi connectivity index (χ2v) is 9.72. The number of carbonyl (C=O) groups is 1. The summed E-state index contributed by atoms with van der Waals surface area (Å²) < 4.78 is 29.2. The van der Waals surface area contributed by atoms with Crippen molar-refractivity contribution in [1.29, 1.82) is 0 Å². The lowest BCUT2D eigenvalue weighted by Gasteiger charge is -2.22. The quantitative estimate of drug-likeness (QED) is 0.427. The Balaban J connectivity index is 1.94. The van der Waals surface area contributed by atoms with E-state index in [1.54, 1.807) is 30.3 Å². The zero-order valence-corrected chi connectivity index (χ0v) is 18.0. The lowest BCUT2D eigenvalue weighted by atomic mass is 10.2. The number of halogens is 1. The van der Waals surface area contributed by atoms with Gasteiger partial charge in [-0.15, -0.1) is 0 Å². The van der Waals surface area contributed by atoms with E-state index in [-0.39, 0.29) is 20.6 Å². The number of aromatic carboxylic acids is 1. The van der Waals surface area contributed by atoms with E-state index in [2.05, 4.69) is 4.98 Å². The molecular formula is C21H15ClN2O4S2. The van der Waals surface area contributed by atoms with Crippen molar-refractivity contribution < 1.29 is 18.3 Å². The summed E-state index contributed by atoms with van der Waals surface area (Å²) in [6, 6.07) is 17.8.